The van der Waals surface area contributed by atoms with E-state index in [1.807, 2.05) is 29.2 Å². The first-order valence-electron chi connectivity index (χ1n) is 10.2. The number of carbonyl (C=O) groups is 2. The molecule has 0 unspecified atom stereocenters. The molecule has 148 valence electrons. The molecule has 1 aliphatic carbocycles. The second kappa shape index (κ2) is 7.99. The predicted octanol–water partition coefficient (Wildman–Crippen LogP) is 4.22. The van der Waals surface area contributed by atoms with E-state index in [0.29, 0.717) is 17.2 Å². The van der Waals surface area contributed by atoms with Crippen molar-refractivity contribution in [3.05, 3.63) is 40.9 Å². The van der Waals surface area contributed by atoms with Gasteiger partial charge in [-0.15, -0.1) is 10.2 Å². The summed E-state index contributed by atoms with van der Waals surface area (Å²) in [5.74, 6) is -0.395. The van der Waals surface area contributed by atoms with Gasteiger partial charge in [-0.1, -0.05) is 62.1 Å². The molecule has 1 spiro atoms. The number of aromatic nitrogens is 2. The fraction of sp³-hybridized carbons (Fsp3) is 0.524. The van der Waals surface area contributed by atoms with Gasteiger partial charge in [-0.2, -0.15) is 0 Å². The Morgan fingerprint density at radius 3 is 2.79 bits per heavy atom. The van der Waals surface area contributed by atoms with Crippen molar-refractivity contribution in [1.29, 1.82) is 0 Å². The summed E-state index contributed by atoms with van der Waals surface area (Å²) < 4.78 is 0. The first-order chi connectivity index (χ1) is 13.7. The molecule has 6 nitrogen and oxygen atoms in total. The van der Waals surface area contributed by atoms with Gasteiger partial charge in [0, 0.05) is 12.1 Å². The van der Waals surface area contributed by atoms with Crippen molar-refractivity contribution in [2.45, 2.75) is 63.3 Å². The molecule has 0 bridgehead atoms. The third-order valence-corrected chi connectivity index (χ3v) is 6.74. The van der Waals surface area contributed by atoms with Gasteiger partial charge in [0.1, 0.15) is 5.51 Å². The highest BCUT2D eigenvalue weighted by atomic mass is 32.1. The zero-order valence-electron chi connectivity index (χ0n) is 16.2. The Kier molecular flexibility index (Phi) is 5.44. The Balaban J connectivity index is 1.81. The van der Waals surface area contributed by atoms with E-state index in [1.54, 1.807) is 5.51 Å². The summed E-state index contributed by atoms with van der Waals surface area (Å²) in [5, 5.41) is 11.3. The van der Waals surface area contributed by atoms with Gasteiger partial charge in [-0.25, -0.2) is 0 Å². The first-order valence-corrected chi connectivity index (χ1v) is 11.0. The second-order valence-corrected chi connectivity index (χ2v) is 8.56. The van der Waals surface area contributed by atoms with Gasteiger partial charge in [0.15, 0.2) is 0 Å². The quantitative estimate of drug-likeness (QED) is 0.818. The molecule has 0 saturated heterocycles. The summed E-state index contributed by atoms with van der Waals surface area (Å²) in [5.41, 5.74) is 2.67. The van der Waals surface area contributed by atoms with Crippen molar-refractivity contribution >= 4 is 28.3 Å². The van der Waals surface area contributed by atoms with Gasteiger partial charge in [0.2, 0.25) is 11.0 Å². The molecule has 2 heterocycles. The number of nitrogens with one attached hydrogen (secondary N) is 1. The minimum Gasteiger partial charge on any atom is -0.332 e. The van der Waals surface area contributed by atoms with Crippen molar-refractivity contribution in [2.75, 3.05) is 11.9 Å². The van der Waals surface area contributed by atoms with E-state index >= 15 is 0 Å². The highest BCUT2D eigenvalue weighted by molar-refractivity contribution is 7.13. The molecule has 2 aliphatic rings. The van der Waals surface area contributed by atoms with Crippen molar-refractivity contribution in [3.8, 4) is 0 Å². The lowest BCUT2D eigenvalue weighted by atomic mass is 9.65. The summed E-state index contributed by atoms with van der Waals surface area (Å²) in [4.78, 5) is 29.0. The van der Waals surface area contributed by atoms with Gasteiger partial charge in [-0.3, -0.25) is 14.9 Å². The Hall–Kier alpha value is -2.28. The standard InChI is InChI=1S/C21H26N4O2S/c1-2-3-13-25-19(27)16-10-6-5-9-15(16)17(21(25)11-7-4-8-12-21)18(26)23-20-24-22-14-28-20/h5-6,9-10,14,17H,2-4,7-8,11-13H2,1H3,(H,23,24,26)/t17-/m1/s1. The van der Waals surface area contributed by atoms with E-state index in [-0.39, 0.29) is 17.7 Å². The van der Waals surface area contributed by atoms with Crippen molar-refractivity contribution in [3.63, 3.8) is 0 Å². The zero-order chi connectivity index (χ0) is 19.6. The van der Waals surface area contributed by atoms with E-state index in [1.165, 1.54) is 11.3 Å². The molecular formula is C21H26N4O2S. The molecule has 28 heavy (non-hydrogen) atoms. The van der Waals surface area contributed by atoms with Crippen LogP contribution in [0, 0.1) is 0 Å². The summed E-state index contributed by atoms with van der Waals surface area (Å²) in [6, 6.07) is 7.62. The fourth-order valence-corrected chi connectivity index (χ4v) is 5.34. The second-order valence-electron chi connectivity index (χ2n) is 7.73. The molecule has 7 heteroatoms. The van der Waals surface area contributed by atoms with E-state index < -0.39 is 5.54 Å². The van der Waals surface area contributed by atoms with Gasteiger partial charge >= 0.3 is 0 Å². The average molecular weight is 399 g/mol. The molecule has 1 fully saturated rings. The average Bonchev–Trinajstić information content (AvgIpc) is 3.22. The lowest BCUT2D eigenvalue weighted by Gasteiger charge is -2.53. The largest absolute Gasteiger partial charge is 0.332 e. The van der Waals surface area contributed by atoms with E-state index in [2.05, 4.69) is 22.4 Å². The van der Waals surface area contributed by atoms with E-state index in [0.717, 1.165) is 50.5 Å². The minimum atomic E-state index is -0.451. The number of amides is 2. The number of hydrogen-bond acceptors (Lipinski definition) is 5. The molecule has 1 saturated carbocycles. The maximum absolute atomic E-state index is 13.5. The molecular weight excluding hydrogens is 372 g/mol. The van der Waals surface area contributed by atoms with Crippen LogP contribution in [0.3, 0.4) is 0 Å². The highest BCUT2D eigenvalue weighted by Gasteiger charge is 2.54. The molecule has 1 atom stereocenters. The normalized spacial score (nSPS) is 20.8. The number of anilines is 1. The summed E-state index contributed by atoms with van der Waals surface area (Å²) in [7, 11) is 0. The van der Waals surface area contributed by atoms with Crippen LogP contribution in [0.25, 0.3) is 0 Å². The monoisotopic (exact) mass is 398 g/mol. The lowest BCUT2D eigenvalue weighted by Crippen LogP contribution is -2.62. The number of benzene rings is 1. The van der Waals surface area contributed by atoms with Crippen molar-refractivity contribution < 1.29 is 9.59 Å². The Labute approximate surface area is 169 Å². The summed E-state index contributed by atoms with van der Waals surface area (Å²) >= 11 is 1.31. The van der Waals surface area contributed by atoms with Crippen LogP contribution in [0.1, 0.15) is 73.7 Å². The molecule has 1 aromatic carbocycles. The Morgan fingerprint density at radius 2 is 2.07 bits per heavy atom. The lowest BCUT2D eigenvalue weighted by molar-refractivity contribution is -0.122. The Bertz CT molecular complexity index is 846. The number of rotatable bonds is 5. The predicted molar refractivity (Wildman–Crippen MR) is 109 cm³/mol. The van der Waals surface area contributed by atoms with Crippen LogP contribution in [0.15, 0.2) is 29.8 Å². The van der Waals surface area contributed by atoms with Crippen molar-refractivity contribution in [1.82, 2.24) is 15.1 Å². The molecule has 4 rings (SSSR count). The van der Waals surface area contributed by atoms with Crippen LogP contribution in [0.5, 0.6) is 0 Å². The van der Waals surface area contributed by atoms with Crippen LogP contribution in [0.2, 0.25) is 0 Å². The number of unbranched alkanes of at least 4 members (excludes halogenated alkanes) is 1. The summed E-state index contributed by atoms with van der Waals surface area (Å²) in [6.07, 6.45) is 6.94. The molecule has 1 N–H and O–H groups in total. The first kappa shape index (κ1) is 19.1. The van der Waals surface area contributed by atoms with Gasteiger partial charge in [0.05, 0.1) is 11.5 Å². The van der Waals surface area contributed by atoms with Crippen molar-refractivity contribution in [2.24, 2.45) is 0 Å². The molecule has 1 aliphatic heterocycles. The molecule has 2 aromatic rings. The maximum atomic E-state index is 13.5. The molecule has 0 radical (unpaired) electrons. The van der Waals surface area contributed by atoms with Gasteiger partial charge in [-0.05, 0) is 30.9 Å². The van der Waals surface area contributed by atoms with Crippen LogP contribution in [-0.2, 0) is 4.79 Å². The highest BCUT2D eigenvalue weighted by Crippen LogP contribution is 2.49. The molecule has 1 aromatic heterocycles. The minimum absolute atomic E-state index is 0.0749. The number of nitrogens with zero attached hydrogens (tertiary/aromatic N) is 3. The zero-order valence-corrected chi connectivity index (χ0v) is 17.0. The number of hydrogen-bond donors (Lipinski definition) is 1. The SMILES string of the molecule is CCCCN1C(=O)c2ccccc2[C@H](C(=O)Nc2nncs2)C12CCCCC2. The number of fused-ring (bicyclic) bond motifs is 1. The Morgan fingerprint density at radius 1 is 1.29 bits per heavy atom. The van der Waals surface area contributed by atoms with Gasteiger partial charge in [0.25, 0.3) is 5.91 Å². The van der Waals surface area contributed by atoms with Crippen LogP contribution >= 0.6 is 11.3 Å². The third kappa shape index (κ3) is 3.21. The summed E-state index contributed by atoms with van der Waals surface area (Å²) in [6.45, 7) is 2.84. The van der Waals surface area contributed by atoms with E-state index in [9.17, 15) is 9.59 Å². The van der Waals surface area contributed by atoms with Gasteiger partial charge < -0.3 is 4.90 Å². The molecule has 2 amide bonds. The van der Waals surface area contributed by atoms with Crippen LogP contribution < -0.4 is 5.32 Å². The van der Waals surface area contributed by atoms with E-state index in [4.69, 9.17) is 0 Å². The number of carbonyl (C=O) groups excluding carboxylic acids is 2. The maximum Gasteiger partial charge on any atom is 0.254 e. The van der Waals surface area contributed by atoms with Crippen LogP contribution in [-0.4, -0.2) is 39.0 Å². The smallest absolute Gasteiger partial charge is 0.254 e. The van der Waals surface area contributed by atoms with Crippen LogP contribution in [0.4, 0.5) is 5.13 Å². The third-order valence-electron chi connectivity index (χ3n) is 6.13. The topological polar surface area (TPSA) is 75.2 Å². The fourth-order valence-electron chi connectivity index (χ4n) is 4.89.